The van der Waals surface area contributed by atoms with Crippen molar-refractivity contribution < 1.29 is 14.6 Å². The molecule has 4 rings (SSSR count). The van der Waals surface area contributed by atoms with Gasteiger partial charge in [0.25, 0.3) is 0 Å². The Hall–Kier alpha value is -1.69. The fourth-order valence-corrected chi connectivity index (χ4v) is 5.31. The third kappa shape index (κ3) is 2.98. The molecule has 1 saturated heterocycles. The molecule has 2 fully saturated rings. The quantitative estimate of drug-likeness (QED) is 0.820. The minimum atomic E-state index is -0.299. The van der Waals surface area contributed by atoms with E-state index in [4.69, 9.17) is 4.42 Å². The van der Waals surface area contributed by atoms with Crippen LogP contribution in [0.25, 0.3) is 11.0 Å². The number of nitrogens with zero attached hydrogens (tertiary/aromatic N) is 1. The lowest BCUT2D eigenvalue weighted by molar-refractivity contribution is 0.111. The van der Waals surface area contributed by atoms with Crippen LogP contribution in [0.5, 0.6) is 0 Å². The normalized spacial score (nSPS) is 28.8. The van der Waals surface area contributed by atoms with Crippen LogP contribution in [-0.2, 0) is 6.54 Å². The summed E-state index contributed by atoms with van der Waals surface area (Å²) in [4.78, 5) is 14.4. The minimum absolute atomic E-state index is 0.149. The number of aryl methyl sites for hydroxylation is 2. The summed E-state index contributed by atoms with van der Waals surface area (Å²) in [6, 6.07) is 5.75. The molecule has 0 amide bonds. The average molecular weight is 357 g/mol. The summed E-state index contributed by atoms with van der Waals surface area (Å²) in [5.74, 6) is 1.38. The van der Waals surface area contributed by atoms with E-state index >= 15 is 0 Å². The molecular formula is C21H27NO4. The highest BCUT2D eigenvalue weighted by molar-refractivity contribution is 5.83. The number of fused-ring (bicyclic) bond motifs is 2. The van der Waals surface area contributed by atoms with Gasteiger partial charge in [0, 0.05) is 44.3 Å². The zero-order chi connectivity index (χ0) is 18.4. The number of aliphatic hydroxyl groups is 2. The van der Waals surface area contributed by atoms with Crippen LogP contribution in [0, 0.1) is 37.5 Å². The van der Waals surface area contributed by atoms with Gasteiger partial charge >= 0.3 is 5.63 Å². The van der Waals surface area contributed by atoms with Crippen molar-refractivity contribution in [2.75, 3.05) is 26.3 Å². The standard InChI is InChI=1S/C21H27NO4/c1-12-3-13(2)21-17(4-12)15(6-20(25)26-21)8-22-7-14-5-16(10-23)19(11-24)18(14)9-22/h3-4,6,14,16,18-19,23-24H,5,7-11H2,1-2H3/t14-,16+,18+,19-/m0/s1. The van der Waals surface area contributed by atoms with Crippen LogP contribution in [0.2, 0.25) is 0 Å². The summed E-state index contributed by atoms with van der Waals surface area (Å²) >= 11 is 0. The van der Waals surface area contributed by atoms with Crippen LogP contribution in [0.1, 0.15) is 23.1 Å². The van der Waals surface area contributed by atoms with Crippen molar-refractivity contribution in [3.05, 3.63) is 45.3 Å². The predicted octanol–water partition coefficient (Wildman–Crippen LogP) is 2.08. The van der Waals surface area contributed by atoms with E-state index in [-0.39, 0.29) is 30.7 Å². The molecule has 2 heterocycles. The minimum Gasteiger partial charge on any atom is -0.422 e. The van der Waals surface area contributed by atoms with Crippen LogP contribution in [0.3, 0.4) is 0 Å². The first-order chi connectivity index (χ1) is 12.5. The van der Waals surface area contributed by atoms with Gasteiger partial charge in [0.05, 0.1) is 0 Å². The maximum atomic E-state index is 12.0. The Balaban J connectivity index is 1.61. The molecule has 1 aliphatic heterocycles. The summed E-state index contributed by atoms with van der Waals surface area (Å²) in [6.07, 6.45) is 0.985. The van der Waals surface area contributed by atoms with Gasteiger partial charge in [-0.25, -0.2) is 4.79 Å². The first-order valence-corrected chi connectivity index (χ1v) is 9.48. The van der Waals surface area contributed by atoms with Gasteiger partial charge in [-0.05, 0) is 66.7 Å². The monoisotopic (exact) mass is 357 g/mol. The third-order valence-corrected chi connectivity index (χ3v) is 6.43. The average Bonchev–Trinajstić information content (AvgIpc) is 3.12. The summed E-state index contributed by atoms with van der Waals surface area (Å²) in [7, 11) is 0. The van der Waals surface area contributed by atoms with E-state index < -0.39 is 0 Å². The van der Waals surface area contributed by atoms with E-state index in [2.05, 4.69) is 17.9 Å². The molecule has 1 saturated carbocycles. The molecule has 140 valence electrons. The van der Waals surface area contributed by atoms with Gasteiger partial charge in [0.1, 0.15) is 5.58 Å². The van der Waals surface area contributed by atoms with E-state index in [0.29, 0.717) is 17.4 Å². The Morgan fingerprint density at radius 3 is 2.69 bits per heavy atom. The number of benzene rings is 1. The first-order valence-electron chi connectivity index (χ1n) is 9.48. The molecule has 1 aliphatic carbocycles. The Labute approximate surface area is 153 Å². The van der Waals surface area contributed by atoms with E-state index in [1.54, 1.807) is 6.07 Å². The van der Waals surface area contributed by atoms with E-state index in [1.807, 2.05) is 13.0 Å². The summed E-state index contributed by atoms with van der Waals surface area (Å²) < 4.78 is 5.46. The number of hydrogen-bond acceptors (Lipinski definition) is 5. The van der Waals surface area contributed by atoms with Gasteiger partial charge in [0.15, 0.2) is 0 Å². The maximum Gasteiger partial charge on any atom is 0.336 e. The SMILES string of the molecule is Cc1cc(C)c2oc(=O)cc(CN3C[C@@H]4C[C@H](CO)[C@H](CO)[C@@H]4C3)c2c1. The molecule has 2 aromatic rings. The van der Waals surface area contributed by atoms with Gasteiger partial charge in [-0.15, -0.1) is 0 Å². The van der Waals surface area contributed by atoms with Crippen molar-refractivity contribution >= 4 is 11.0 Å². The zero-order valence-electron chi connectivity index (χ0n) is 15.4. The summed E-state index contributed by atoms with van der Waals surface area (Å²) in [6.45, 7) is 6.95. The molecule has 0 radical (unpaired) electrons. The first kappa shape index (κ1) is 17.7. The van der Waals surface area contributed by atoms with E-state index in [1.165, 1.54) is 0 Å². The lowest BCUT2D eigenvalue weighted by Gasteiger charge is -2.23. The number of rotatable bonds is 4. The molecule has 4 atom stereocenters. The van der Waals surface area contributed by atoms with Crippen LogP contribution in [0.15, 0.2) is 27.4 Å². The Kier molecular flexibility index (Phi) is 4.63. The van der Waals surface area contributed by atoms with Crippen LogP contribution < -0.4 is 5.63 Å². The lowest BCUT2D eigenvalue weighted by Crippen LogP contribution is -2.28. The highest BCUT2D eigenvalue weighted by Crippen LogP contribution is 2.46. The van der Waals surface area contributed by atoms with Gasteiger partial charge in [0.2, 0.25) is 0 Å². The molecular weight excluding hydrogens is 330 g/mol. The van der Waals surface area contributed by atoms with Crippen LogP contribution in [-0.4, -0.2) is 41.4 Å². The van der Waals surface area contributed by atoms with Gasteiger partial charge in [-0.1, -0.05) is 6.07 Å². The van der Waals surface area contributed by atoms with Gasteiger partial charge in [-0.2, -0.15) is 0 Å². The lowest BCUT2D eigenvalue weighted by atomic mass is 9.89. The highest BCUT2D eigenvalue weighted by atomic mass is 16.4. The largest absolute Gasteiger partial charge is 0.422 e. The van der Waals surface area contributed by atoms with E-state index in [0.717, 1.165) is 48.1 Å². The van der Waals surface area contributed by atoms with Crippen molar-refractivity contribution in [1.82, 2.24) is 4.90 Å². The number of likely N-dealkylation sites (tertiary alicyclic amines) is 1. The van der Waals surface area contributed by atoms with Crippen LogP contribution in [0.4, 0.5) is 0 Å². The second-order valence-corrected chi connectivity index (χ2v) is 8.19. The molecule has 5 nitrogen and oxygen atoms in total. The molecule has 1 aromatic carbocycles. The molecule has 1 aromatic heterocycles. The van der Waals surface area contributed by atoms with Crippen LogP contribution >= 0.6 is 0 Å². The fourth-order valence-electron chi connectivity index (χ4n) is 5.31. The zero-order valence-corrected chi connectivity index (χ0v) is 15.4. The topological polar surface area (TPSA) is 73.9 Å². The third-order valence-electron chi connectivity index (χ3n) is 6.43. The highest BCUT2D eigenvalue weighted by Gasteiger charge is 2.47. The Bertz CT molecular complexity index is 874. The van der Waals surface area contributed by atoms with E-state index in [9.17, 15) is 15.0 Å². The summed E-state index contributed by atoms with van der Waals surface area (Å²) in [5, 5.41) is 20.3. The van der Waals surface area contributed by atoms with Crippen molar-refractivity contribution in [1.29, 1.82) is 0 Å². The fraction of sp³-hybridized carbons (Fsp3) is 0.571. The molecule has 26 heavy (non-hydrogen) atoms. The Morgan fingerprint density at radius 1 is 1.15 bits per heavy atom. The smallest absolute Gasteiger partial charge is 0.336 e. The molecule has 2 N–H and O–H groups in total. The molecule has 5 heteroatoms. The van der Waals surface area contributed by atoms with Crippen molar-refractivity contribution in [3.63, 3.8) is 0 Å². The van der Waals surface area contributed by atoms with Crippen molar-refractivity contribution in [2.45, 2.75) is 26.8 Å². The maximum absolute atomic E-state index is 12.0. The Morgan fingerprint density at radius 2 is 1.96 bits per heavy atom. The molecule has 0 bridgehead atoms. The van der Waals surface area contributed by atoms with Crippen molar-refractivity contribution in [2.24, 2.45) is 23.7 Å². The molecule has 0 unspecified atom stereocenters. The second-order valence-electron chi connectivity index (χ2n) is 8.19. The molecule has 0 spiro atoms. The van der Waals surface area contributed by atoms with Crippen molar-refractivity contribution in [3.8, 4) is 0 Å². The number of hydrogen-bond donors (Lipinski definition) is 2. The second kappa shape index (κ2) is 6.80. The summed E-state index contributed by atoms with van der Waals surface area (Å²) in [5.41, 5.74) is 3.55. The van der Waals surface area contributed by atoms with Gasteiger partial charge in [-0.3, -0.25) is 4.90 Å². The number of aliphatic hydroxyl groups excluding tert-OH is 2. The molecule has 2 aliphatic rings. The van der Waals surface area contributed by atoms with Gasteiger partial charge < -0.3 is 14.6 Å². The predicted molar refractivity (Wildman–Crippen MR) is 100.0 cm³/mol.